The molecule has 0 spiro atoms. The van der Waals surface area contributed by atoms with Crippen molar-refractivity contribution >= 4 is 11.7 Å². The second-order valence-corrected chi connectivity index (χ2v) is 4.95. The summed E-state index contributed by atoms with van der Waals surface area (Å²) in [5.74, 6) is 1.60. The lowest BCUT2D eigenvalue weighted by Gasteiger charge is -2.18. The van der Waals surface area contributed by atoms with Crippen molar-refractivity contribution in [2.75, 3.05) is 33.7 Å². The van der Waals surface area contributed by atoms with E-state index in [-0.39, 0.29) is 5.91 Å². The van der Waals surface area contributed by atoms with Crippen LogP contribution >= 0.6 is 0 Å². The first-order valence-electron chi connectivity index (χ1n) is 5.50. The number of amides is 1. The Morgan fingerprint density at radius 1 is 1.33 bits per heavy atom. The smallest absolute Gasteiger partial charge is 0.236 e. The molecule has 4 heteroatoms. The average Bonchev–Trinajstić information content (AvgIpc) is 2.60. The van der Waals surface area contributed by atoms with Crippen molar-refractivity contribution < 1.29 is 9.59 Å². The summed E-state index contributed by atoms with van der Waals surface area (Å²) in [6.07, 6.45) is 1.47. The number of ketones is 1. The molecule has 1 heterocycles. The molecular formula is C11H18N2O2. The number of rotatable bonds is 2. The summed E-state index contributed by atoms with van der Waals surface area (Å²) in [7, 11) is 3.56. The summed E-state index contributed by atoms with van der Waals surface area (Å²) >= 11 is 0. The minimum atomic E-state index is 0.154. The van der Waals surface area contributed by atoms with E-state index in [9.17, 15) is 9.59 Å². The van der Waals surface area contributed by atoms with Crippen LogP contribution in [0.1, 0.15) is 12.8 Å². The van der Waals surface area contributed by atoms with Gasteiger partial charge in [-0.2, -0.15) is 0 Å². The van der Waals surface area contributed by atoms with Gasteiger partial charge in [0.15, 0.2) is 0 Å². The normalized spacial score (nSPS) is 30.7. The second-order valence-electron chi connectivity index (χ2n) is 4.95. The van der Waals surface area contributed by atoms with Crippen LogP contribution in [-0.4, -0.2) is 55.2 Å². The van der Waals surface area contributed by atoms with Crippen LogP contribution in [0.2, 0.25) is 0 Å². The molecule has 0 aromatic heterocycles. The highest BCUT2D eigenvalue weighted by Gasteiger charge is 2.40. The monoisotopic (exact) mass is 210 g/mol. The third kappa shape index (κ3) is 2.20. The molecule has 2 aliphatic rings. The van der Waals surface area contributed by atoms with Crippen molar-refractivity contribution in [2.45, 2.75) is 12.8 Å². The molecule has 2 rings (SSSR count). The van der Waals surface area contributed by atoms with Gasteiger partial charge in [0.1, 0.15) is 5.78 Å². The maximum atomic E-state index is 11.5. The fourth-order valence-corrected chi connectivity index (χ4v) is 2.63. The van der Waals surface area contributed by atoms with E-state index in [4.69, 9.17) is 0 Å². The highest BCUT2D eigenvalue weighted by atomic mass is 16.2. The highest BCUT2D eigenvalue weighted by Crippen LogP contribution is 2.35. The molecule has 1 saturated heterocycles. The minimum absolute atomic E-state index is 0.154. The van der Waals surface area contributed by atoms with E-state index in [0.29, 0.717) is 24.2 Å². The Hall–Kier alpha value is -0.900. The lowest BCUT2D eigenvalue weighted by atomic mass is 10.0. The van der Waals surface area contributed by atoms with Crippen LogP contribution in [0.15, 0.2) is 0 Å². The van der Waals surface area contributed by atoms with Crippen LogP contribution in [0, 0.1) is 11.8 Å². The Kier molecular flexibility index (Phi) is 2.78. The molecule has 2 fully saturated rings. The van der Waals surface area contributed by atoms with Gasteiger partial charge in [-0.1, -0.05) is 0 Å². The molecule has 0 aromatic rings. The van der Waals surface area contributed by atoms with E-state index < -0.39 is 0 Å². The molecule has 84 valence electrons. The number of hydrogen-bond acceptors (Lipinski definition) is 3. The van der Waals surface area contributed by atoms with Crippen LogP contribution in [0.4, 0.5) is 0 Å². The van der Waals surface area contributed by atoms with Crippen molar-refractivity contribution in [1.29, 1.82) is 0 Å². The number of nitrogens with zero attached hydrogens (tertiary/aromatic N) is 2. The lowest BCUT2D eigenvalue weighted by Crippen LogP contribution is -2.35. The lowest BCUT2D eigenvalue weighted by molar-refractivity contribution is -0.129. The first kappa shape index (κ1) is 10.6. The zero-order valence-corrected chi connectivity index (χ0v) is 9.40. The number of likely N-dealkylation sites (tertiary alicyclic amines) is 1. The van der Waals surface area contributed by atoms with Gasteiger partial charge in [0.2, 0.25) is 5.91 Å². The molecule has 1 aliphatic heterocycles. The van der Waals surface area contributed by atoms with Gasteiger partial charge in [-0.25, -0.2) is 0 Å². The van der Waals surface area contributed by atoms with E-state index in [0.717, 1.165) is 25.9 Å². The predicted molar refractivity (Wildman–Crippen MR) is 56.4 cm³/mol. The maximum Gasteiger partial charge on any atom is 0.236 e. The van der Waals surface area contributed by atoms with Gasteiger partial charge >= 0.3 is 0 Å². The van der Waals surface area contributed by atoms with Crippen LogP contribution in [0.5, 0.6) is 0 Å². The fourth-order valence-electron chi connectivity index (χ4n) is 2.63. The Balaban J connectivity index is 1.85. The van der Waals surface area contributed by atoms with Gasteiger partial charge in [0.25, 0.3) is 0 Å². The molecule has 1 saturated carbocycles. The van der Waals surface area contributed by atoms with Crippen LogP contribution < -0.4 is 0 Å². The first-order chi connectivity index (χ1) is 7.06. The number of carbonyl (C=O) groups is 2. The molecular weight excluding hydrogens is 192 g/mol. The Labute approximate surface area is 90.2 Å². The topological polar surface area (TPSA) is 40.6 Å². The summed E-state index contributed by atoms with van der Waals surface area (Å²) in [6, 6.07) is 0. The third-order valence-electron chi connectivity index (χ3n) is 3.49. The summed E-state index contributed by atoms with van der Waals surface area (Å²) in [5, 5.41) is 0. The molecule has 15 heavy (non-hydrogen) atoms. The van der Waals surface area contributed by atoms with E-state index >= 15 is 0 Å². The molecule has 0 radical (unpaired) electrons. The third-order valence-corrected chi connectivity index (χ3v) is 3.49. The second kappa shape index (κ2) is 3.93. The number of carbonyl (C=O) groups excluding carboxylic acids is 2. The molecule has 1 aliphatic carbocycles. The zero-order chi connectivity index (χ0) is 11.0. The highest BCUT2D eigenvalue weighted by molar-refractivity contribution is 5.81. The predicted octanol–water partition coefficient (Wildman–Crippen LogP) is -0.0145. The molecule has 0 bridgehead atoms. The van der Waals surface area contributed by atoms with Gasteiger partial charge in [-0.05, 0) is 11.8 Å². The Morgan fingerprint density at radius 2 is 1.87 bits per heavy atom. The number of fused-ring (bicyclic) bond motifs is 1. The Morgan fingerprint density at radius 3 is 2.33 bits per heavy atom. The largest absolute Gasteiger partial charge is 0.348 e. The maximum absolute atomic E-state index is 11.5. The number of Topliss-reactive ketones (excluding diaryl/α,β-unsaturated/α-hetero) is 1. The Bertz CT molecular complexity index is 272. The summed E-state index contributed by atoms with van der Waals surface area (Å²) in [5.41, 5.74) is 0. The van der Waals surface area contributed by atoms with E-state index in [1.807, 2.05) is 0 Å². The van der Waals surface area contributed by atoms with Gasteiger partial charge in [0, 0.05) is 40.0 Å². The van der Waals surface area contributed by atoms with Gasteiger partial charge in [-0.15, -0.1) is 0 Å². The number of hydrogen-bond donors (Lipinski definition) is 0. The van der Waals surface area contributed by atoms with Crippen LogP contribution in [-0.2, 0) is 9.59 Å². The van der Waals surface area contributed by atoms with Crippen LogP contribution in [0.3, 0.4) is 0 Å². The zero-order valence-electron chi connectivity index (χ0n) is 9.40. The summed E-state index contributed by atoms with van der Waals surface area (Å²) in [4.78, 5) is 26.5. The molecule has 2 unspecified atom stereocenters. The SMILES string of the molecule is CN(C)C(=O)CN1CC2CC(=O)CC2C1. The van der Waals surface area contributed by atoms with E-state index in [2.05, 4.69) is 4.90 Å². The van der Waals surface area contributed by atoms with Crippen molar-refractivity contribution in [3.63, 3.8) is 0 Å². The van der Waals surface area contributed by atoms with Crippen molar-refractivity contribution in [3.05, 3.63) is 0 Å². The van der Waals surface area contributed by atoms with Gasteiger partial charge < -0.3 is 4.90 Å². The standard InChI is InChI=1S/C11H18N2O2/c1-12(2)11(15)7-13-5-8-3-10(14)4-9(8)6-13/h8-9H,3-7H2,1-2H3. The van der Waals surface area contributed by atoms with Crippen molar-refractivity contribution in [3.8, 4) is 0 Å². The van der Waals surface area contributed by atoms with Crippen molar-refractivity contribution in [2.24, 2.45) is 11.8 Å². The molecule has 1 amide bonds. The quantitative estimate of drug-likeness (QED) is 0.643. The molecule has 0 N–H and O–H groups in total. The van der Waals surface area contributed by atoms with Gasteiger partial charge in [-0.3, -0.25) is 14.5 Å². The van der Waals surface area contributed by atoms with E-state index in [1.54, 1.807) is 19.0 Å². The van der Waals surface area contributed by atoms with Crippen molar-refractivity contribution in [1.82, 2.24) is 9.80 Å². The molecule has 2 atom stereocenters. The minimum Gasteiger partial charge on any atom is -0.348 e. The number of likely N-dealkylation sites (N-methyl/N-ethyl adjacent to an activating group) is 1. The molecule has 4 nitrogen and oxygen atoms in total. The van der Waals surface area contributed by atoms with Gasteiger partial charge in [0.05, 0.1) is 6.54 Å². The average molecular weight is 210 g/mol. The molecule has 0 aromatic carbocycles. The van der Waals surface area contributed by atoms with E-state index in [1.165, 1.54) is 0 Å². The summed E-state index contributed by atoms with van der Waals surface area (Å²) < 4.78 is 0. The van der Waals surface area contributed by atoms with Crippen LogP contribution in [0.25, 0.3) is 0 Å². The first-order valence-corrected chi connectivity index (χ1v) is 5.50. The fraction of sp³-hybridized carbons (Fsp3) is 0.818. The summed E-state index contributed by atoms with van der Waals surface area (Å²) in [6.45, 7) is 2.36.